The van der Waals surface area contributed by atoms with Gasteiger partial charge in [0, 0.05) is 12.7 Å². The molecular formula is C13H14N2O3S. The summed E-state index contributed by atoms with van der Waals surface area (Å²) >= 11 is 0. The van der Waals surface area contributed by atoms with Crippen LogP contribution in [0.25, 0.3) is 11.0 Å². The van der Waals surface area contributed by atoms with E-state index in [1.54, 1.807) is 6.07 Å². The average Bonchev–Trinajstić information content (AvgIpc) is 2.36. The van der Waals surface area contributed by atoms with Crippen molar-refractivity contribution in [1.29, 1.82) is 0 Å². The zero-order valence-electron chi connectivity index (χ0n) is 10.5. The van der Waals surface area contributed by atoms with Crippen LogP contribution in [-0.2, 0) is 9.84 Å². The second-order valence-corrected chi connectivity index (χ2v) is 6.66. The zero-order valence-corrected chi connectivity index (χ0v) is 11.4. The number of Topliss-reactive ketones (excluding diaryl/α,β-unsaturated/α-hetero) is 1. The van der Waals surface area contributed by atoms with Gasteiger partial charge in [-0.25, -0.2) is 13.4 Å². The third-order valence-electron chi connectivity index (χ3n) is 2.65. The van der Waals surface area contributed by atoms with E-state index in [0.29, 0.717) is 11.9 Å². The lowest BCUT2D eigenvalue weighted by Gasteiger charge is -2.01. The molecule has 5 nitrogen and oxygen atoms in total. The number of para-hydroxylation sites is 2. The molecule has 0 aliphatic rings. The predicted octanol–water partition coefficient (Wildman–Crippen LogP) is 1.64. The first kappa shape index (κ1) is 13.6. The number of ketones is 1. The number of hydrogen-bond donors (Lipinski definition) is 0. The highest BCUT2D eigenvalue weighted by molar-refractivity contribution is 7.90. The number of carbonyl (C=O) groups excluding carboxylic acids is 1. The Labute approximate surface area is 111 Å². The van der Waals surface area contributed by atoms with Crippen LogP contribution < -0.4 is 0 Å². The normalized spacial score (nSPS) is 11.6. The van der Waals surface area contributed by atoms with Crippen molar-refractivity contribution in [2.75, 3.05) is 12.0 Å². The van der Waals surface area contributed by atoms with Crippen molar-refractivity contribution in [2.45, 2.75) is 12.8 Å². The molecule has 0 aliphatic carbocycles. The van der Waals surface area contributed by atoms with Gasteiger partial charge in [-0.05, 0) is 18.6 Å². The molecule has 0 atom stereocenters. The molecule has 19 heavy (non-hydrogen) atoms. The fourth-order valence-corrected chi connectivity index (χ4v) is 2.38. The monoisotopic (exact) mass is 278 g/mol. The summed E-state index contributed by atoms with van der Waals surface area (Å²) in [5, 5.41) is 0. The van der Waals surface area contributed by atoms with E-state index in [-0.39, 0.29) is 23.7 Å². The topological polar surface area (TPSA) is 77.0 Å². The number of aromatic nitrogens is 2. The van der Waals surface area contributed by atoms with Crippen LogP contribution in [0.4, 0.5) is 0 Å². The van der Waals surface area contributed by atoms with Crippen LogP contribution in [0.15, 0.2) is 30.5 Å². The molecule has 1 aromatic carbocycles. The Morgan fingerprint density at radius 2 is 1.89 bits per heavy atom. The van der Waals surface area contributed by atoms with Crippen LogP contribution >= 0.6 is 0 Å². The highest BCUT2D eigenvalue weighted by Crippen LogP contribution is 2.10. The van der Waals surface area contributed by atoms with Gasteiger partial charge in [-0.3, -0.25) is 9.78 Å². The quantitative estimate of drug-likeness (QED) is 0.777. The molecule has 0 aliphatic heterocycles. The van der Waals surface area contributed by atoms with Crippen molar-refractivity contribution >= 4 is 26.7 Å². The highest BCUT2D eigenvalue weighted by atomic mass is 32.2. The smallest absolute Gasteiger partial charge is 0.182 e. The number of nitrogens with zero attached hydrogens (tertiary/aromatic N) is 2. The molecule has 2 aromatic rings. The van der Waals surface area contributed by atoms with Gasteiger partial charge in [0.2, 0.25) is 0 Å². The second-order valence-electron chi connectivity index (χ2n) is 4.40. The first-order valence-electron chi connectivity index (χ1n) is 5.88. The van der Waals surface area contributed by atoms with Gasteiger partial charge < -0.3 is 0 Å². The minimum atomic E-state index is -3.02. The van der Waals surface area contributed by atoms with E-state index in [1.165, 1.54) is 6.20 Å². The summed E-state index contributed by atoms with van der Waals surface area (Å²) in [6.07, 6.45) is 3.07. The first-order valence-corrected chi connectivity index (χ1v) is 7.94. The van der Waals surface area contributed by atoms with Gasteiger partial charge in [-0.1, -0.05) is 12.1 Å². The van der Waals surface area contributed by atoms with E-state index in [9.17, 15) is 13.2 Å². The van der Waals surface area contributed by atoms with Crippen LogP contribution in [-0.4, -0.2) is 36.2 Å². The summed E-state index contributed by atoms with van der Waals surface area (Å²) in [4.78, 5) is 20.3. The first-order chi connectivity index (χ1) is 8.96. The molecule has 0 N–H and O–H groups in total. The molecular weight excluding hydrogens is 264 g/mol. The molecule has 0 bridgehead atoms. The molecule has 1 heterocycles. The maximum atomic E-state index is 11.9. The second kappa shape index (κ2) is 5.44. The van der Waals surface area contributed by atoms with Gasteiger partial charge in [0.1, 0.15) is 15.5 Å². The van der Waals surface area contributed by atoms with E-state index < -0.39 is 9.84 Å². The van der Waals surface area contributed by atoms with Crippen molar-refractivity contribution in [1.82, 2.24) is 9.97 Å². The number of rotatable bonds is 5. The van der Waals surface area contributed by atoms with Crippen molar-refractivity contribution in [3.63, 3.8) is 0 Å². The molecule has 6 heteroatoms. The molecule has 0 radical (unpaired) electrons. The third-order valence-corrected chi connectivity index (χ3v) is 3.68. The van der Waals surface area contributed by atoms with Gasteiger partial charge in [-0.15, -0.1) is 0 Å². The minimum Gasteiger partial charge on any atom is -0.292 e. The summed E-state index contributed by atoms with van der Waals surface area (Å²) in [6.45, 7) is 0. The SMILES string of the molecule is CS(=O)(=O)CCCC(=O)c1cnc2ccccc2n1. The fraction of sp³-hybridized carbons (Fsp3) is 0.308. The number of hydrogen-bond acceptors (Lipinski definition) is 5. The number of benzene rings is 1. The van der Waals surface area contributed by atoms with Crippen LogP contribution in [0.3, 0.4) is 0 Å². The van der Waals surface area contributed by atoms with Crippen LogP contribution in [0.2, 0.25) is 0 Å². The summed E-state index contributed by atoms with van der Waals surface area (Å²) in [5.41, 5.74) is 1.68. The molecule has 1 aromatic heterocycles. The summed E-state index contributed by atoms with van der Waals surface area (Å²) < 4.78 is 22.0. The van der Waals surface area contributed by atoms with Crippen LogP contribution in [0.5, 0.6) is 0 Å². The maximum absolute atomic E-state index is 11.9. The lowest BCUT2D eigenvalue weighted by atomic mass is 10.2. The maximum Gasteiger partial charge on any atom is 0.182 e. The number of fused-ring (bicyclic) bond motifs is 1. The number of sulfone groups is 1. The Kier molecular flexibility index (Phi) is 3.90. The Balaban J connectivity index is 2.09. The molecule has 0 saturated carbocycles. The lowest BCUT2D eigenvalue weighted by Crippen LogP contribution is -2.08. The van der Waals surface area contributed by atoms with E-state index in [1.807, 2.05) is 18.2 Å². The van der Waals surface area contributed by atoms with Crippen LogP contribution in [0, 0.1) is 0 Å². The zero-order chi connectivity index (χ0) is 13.9. The van der Waals surface area contributed by atoms with Gasteiger partial charge in [0.05, 0.1) is 23.0 Å². The van der Waals surface area contributed by atoms with Gasteiger partial charge >= 0.3 is 0 Å². The third kappa shape index (κ3) is 3.82. The van der Waals surface area contributed by atoms with Crippen LogP contribution in [0.1, 0.15) is 23.3 Å². The Morgan fingerprint density at radius 3 is 2.58 bits per heavy atom. The molecule has 0 saturated heterocycles. The lowest BCUT2D eigenvalue weighted by molar-refractivity contribution is 0.0977. The van der Waals surface area contributed by atoms with Gasteiger partial charge in [0.25, 0.3) is 0 Å². The largest absolute Gasteiger partial charge is 0.292 e. The summed E-state index contributed by atoms with van der Waals surface area (Å²) in [5.74, 6) is -0.165. The molecule has 0 amide bonds. The standard InChI is InChI=1S/C13H14N2O3S/c1-19(17,18)8-4-7-13(16)12-9-14-10-5-2-3-6-11(10)15-12/h2-3,5-6,9H,4,7-8H2,1H3. The Hall–Kier alpha value is -1.82. The van der Waals surface area contributed by atoms with E-state index in [2.05, 4.69) is 9.97 Å². The average molecular weight is 278 g/mol. The number of carbonyl (C=O) groups is 1. The minimum absolute atomic E-state index is 0.0136. The molecule has 0 fully saturated rings. The predicted molar refractivity (Wildman–Crippen MR) is 72.8 cm³/mol. The molecule has 0 unspecified atom stereocenters. The van der Waals surface area contributed by atoms with Crippen molar-refractivity contribution in [3.05, 3.63) is 36.2 Å². The fourth-order valence-electron chi connectivity index (χ4n) is 1.71. The van der Waals surface area contributed by atoms with E-state index >= 15 is 0 Å². The van der Waals surface area contributed by atoms with E-state index in [4.69, 9.17) is 0 Å². The highest BCUT2D eigenvalue weighted by Gasteiger charge is 2.10. The van der Waals surface area contributed by atoms with E-state index in [0.717, 1.165) is 11.8 Å². The van der Waals surface area contributed by atoms with Crippen molar-refractivity contribution in [2.24, 2.45) is 0 Å². The Bertz CT molecular complexity index is 711. The summed E-state index contributed by atoms with van der Waals surface area (Å²) in [7, 11) is -3.02. The van der Waals surface area contributed by atoms with Crippen molar-refractivity contribution in [3.8, 4) is 0 Å². The molecule has 100 valence electrons. The van der Waals surface area contributed by atoms with Crippen molar-refractivity contribution < 1.29 is 13.2 Å². The van der Waals surface area contributed by atoms with Gasteiger partial charge in [-0.2, -0.15) is 0 Å². The van der Waals surface area contributed by atoms with Gasteiger partial charge in [0.15, 0.2) is 5.78 Å². The Morgan fingerprint density at radius 1 is 1.21 bits per heavy atom. The molecule has 0 spiro atoms. The summed E-state index contributed by atoms with van der Waals surface area (Å²) in [6, 6.07) is 7.29. The molecule has 2 rings (SSSR count).